The third-order valence-corrected chi connectivity index (χ3v) is 7.57. The molecular formula is C22H22F3N5O2S. The van der Waals surface area contributed by atoms with E-state index in [1.54, 1.807) is 6.20 Å². The molecule has 1 fully saturated rings. The number of nitrogens with one attached hydrogen (secondary N) is 3. The van der Waals surface area contributed by atoms with Crippen LogP contribution in [-0.4, -0.2) is 30.5 Å². The van der Waals surface area contributed by atoms with E-state index in [1.807, 2.05) is 13.0 Å². The van der Waals surface area contributed by atoms with Crippen LogP contribution < -0.4 is 10.0 Å². The monoisotopic (exact) mass is 477 g/mol. The zero-order valence-electron chi connectivity index (χ0n) is 17.6. The second-order valence-corrected chi connectivity index (χ2v) is 9.85. The number of aromatic nitrogens is 2. The van der Waals surface area contributed by atoms with Crippen molar-refractivity contribution >= 4 is 26.7 Å². The molecule has 3 unspecified atom stereocenters. The molecule has 1 aromatic carbocycles. The van der Waals surface area contributed by atoms with Gasteiger partial charge in [-0.25, -0.2) is 18.1 Å². The Morgan fingerprint density at radius 3 is 2.76 bits per heavy atom. The van der Waals surface area contributed by atoms with E-state index in [4.69, 9.17) is 0 Å². The van der Waals surface area contributed by atoms with Crippen molar-refractivity contribution in [1.82, 2.24) is 14.7 Å². The molecule has 1 aliphatic rings. The molecule has 174 valence electrons. The highest BCUT2D eigenvalue weighted by atomic mass is 32.2. The van der Waals surface area contributed by atoms with Crippen molar-refractivity contribution in [3.63, 3.8) is 0 Å². The average molecular weight is 478 g/mol. The lowest BCUT2D eigenvalue weighted by Crippen LogP contribution is -2.34. The van der Waals surface area contributed by atoms with Crippen molar-refractivity contribution < 1.29 is 21.6 Å². The fraction of sp³-hybridized carbons (Fsp3) is 0.364. The Morgan fingerprint density at radius 1 is 1.27 bits per heavy atom. The first kappa shape index (κ1) is 23.1. The second kappa shape index (κ2) is 8.68. The minimum absolute atomic E-state index is 0.105. The molecule has 11 heteroatoms. The van der Waals surface area contributed by atoms with E-state index < -0.39 is 32.7 Å². The van der Waals surface area contributed by atoms with Crippen LogP contribution in [0.4, 0.5) is 18.9 Å². The largest absolute Gasteiger partial charge is 0.416 e. The first-order chi connectivity index (χ1) is 15.6. The molecule has 0 bridgehead atoms. The number of pyridine rings is 1. The van der Waals surface area contributed by atoms with E-state index >= 15 is 0 Å². The van der Waals surface area contributed by atoms with Crippen molar-refractivity contribution in [2.24, 2.45) is 5.92 Å². The molecule has 0 spiro atoms. The minimum atomic E-state index is -4.63. The van der Waals surface area contributed by atoms with Crippen LogP contribution in [0, 0.1) is 17.2 Å². The number of fused-ring (bicyclic) bond motifs is 1. The van der Waals surface area contributed by atoms with E-state index in [-0.39, 0.29) is 12.0 Å². The second-order valence-electron chi connectivity index (χ2n) is 8.13. The summed E-state index contributed by atoms with van der Waals surface area (Å²) in [5.74, 6) is 0.105. The normalized spacial score (nSPS) is 21.2. The first-order valence-electron chi connectivity index (χ1n) is 10.4. The van der Waals surface area contributed by atoms with Gasteiger partial charge in [0, 0.05) is 29.9 Å². The van der Waals surface area contributed by atoms with E-state index in [0.29, 0.717) is 35.8 Å². The van der Waals surface area contributed by atoms with E-state index in [1.165, 1.54) is 6.20 Å². The maximum Gasteiger partial charge on any atom is 0.416 e. The maximum absolute atomic E-state index is 13.0. The van der Waals surface area contributed by atoms with Gasteiger partial charge in [-0.1, -0.05) is 19.4 Å². The predicted molar refractivity (Wildman–Crippen MR) is 117 cm³/mol. The standard InChI is InChI=1S/C22H22F3N5O2S/c1-2-13-8-16(30-33(31,32)17-5-3-4-15(9-17)22(23,24)25)10-19(13)29-20-14(11-26)12-28-21-18(20)6-7-27-21/h3-7,9,12-13,16,19,30H,2,8,10H2,1H3,(H2,27,28,29). The molecule has 3 N–H and O–H groups in total. The Bertz CT molecular complexity index is 1310. The number of nitriles is 1. The highest BCUT2D eigenvalue weighted by molar-refractivity contribution is 7.89. The number of alkyl halides is 3. The number of hydrogen-bond donors (Lipinski definition) is 3. The van der Waals surface area contributed by atoms with Gasteiger partial charge in [-0.05, 0) is 43.0 Å². The van der Waals surface area contributed by atoms with Gasteiger partial charge in [0.1, 0.15) is 11.7 Å². The molecule has 3 atom stereocenters. The van der Waals surface area contributed by atoms with Gasteiger partial charge in [0.15, 0.2) is 0 Å². The van der Waals surface area contributed by atoms with Crippen molar-refractivity contribution in [3.8, 4) is 6.07 Å². The summed E-state index contributed by atoms with van der Waals surface area (Å²) in [6.45, 7) is 1.99. The smallest absolute Gasteiger partial charge is 0.380 e. The van der Waals surface area contributed by atoms with Crippen LogP contribution in [0.1, 0.15) is 37.3 Å². The number of aromatic amines is 1. The van der Waals surface area contributed by atoms with Gasteiger partial charge in [0.25, 0.3) is 0 Å². The zero-order valence-corrected chi connectivity index (χ0v) is 18.5. The number of halogens is 3. The lowest BCUT2D eigenvalue weighted by Gasteiger charge is -2.21. The van der Waals surface area contributed by atoms with Crippen LogP contribution >= 0.6 is 0 Å². The summed E-state index contributed by atoms with van der Waals surface area (Å²) in [6, 6.07) is 7.07. The Labute approximate surface area is 189 Å². The molecule has 1 aliphatic carbocycles. The van der Waals surface area contributed by atoms with Crippen molar-refractivity contribution in [2.75, 3.05) is 5.32 Å². The lowest BCUT2D eigenvalue weighted by atomic mass is 10.00. The van der Waals surface area contributed by atoms with Gasteiger partial charge in [0.2, 0.25) is 10.0 Å². The quantitative estimate of drug-likeness (QED) is 0.487. The molecule has 3 aromatic rings. The number of rotatable bonds is 6. The number of nitrogens with zero attached hydrogens (tertiary/aromatic N) is 2. The number of sulfonamides is 1. The fourth-order valence-corrected chi connectivity index (χ4v) is 5.72. The molecule has 0 amide bonds. The van der Waals surface area contributed by atoms with E-state index in [0.717, 1.165) is 30.0 Å². The van der Waals surface area contributed by atoms with Gasteiger partial charge >= 0.3 is 6.18 Å². The molecule has 2 heterocycles. The summed E-state index contributed by atoms with van der Waals surface area (Å²) in [4.78, 5) is 6.80. The van der Waals surface area contributed by atoms with E-state index in [9.17, 15) is 26.9 Å². The molecule has 1 saturated carbocycles. The molecule has 0 saturated heterocycles. The summed E-state index contributed by atoms with van der Waals surface area (Å²) in [7, 11) is -4.14. The molecule has 33 heavy (non-hydrogen) atoms. The third-order valence-electron chi connectivity index (χ3n) is 6.05. The minimum Gasteiger partial charge on any atom is -0.380 e. The number of benzene rings is 1. The highest BCUT2D eigenvalue weighted by Gasteiger charge is 2.37. The Balaban J connectivity index is 1.55. The third kappa shape index (κ3) is 4.67. The molecule has 0 aliphatic heterocycles. The zero-order chi connectivity index (χ0) is 23.8. The van der Waals surface area contributed by atoms with Crippen LogP contribution in [0.15, 0.2) is 47.6 Å². The van der Waals surface area contributed by atoms with Gasteiger partial charge in [-0.2, -0.15) is 18.4 Å². The number of anilines is 1. The van der Waals surface area contributed by atoms with Crippen molar-refractivity contribution in [2.45, 2.75) is 49.3 Å². The molecule has 2 aromatic heterocycles. The van der Waals surface area contributed by atoms with Gasteiger partial charge < -0.3 is 10.3 Å². The summed E-state index contributed by atoms with van der Waals surface area (Å²) >= 11 is 0. The van der Waals surface area contributed by atoms with Crippen LogP contribution in [0.25, 0.3) is 11.0 Å². The topological polar surface area (TPSA) is 111 Å². The summed E-state index contributed by atoms with van der Waals surface area (Å²) in [5, 5.41) is 13.7. The molecule has 4 rings (SSSR count). The van der Waals surface area contributed by atoms with Gasteiger partial charge in [-0.3, -0.25) is 0 Å². The van der Waals surface area contributed by atoms with Crippen LogP contribution in [0.3, 0.4) is 0 Å². The van der Waals surface area contributed by atoms with Crippen molar-refractivity contribution in [3.05, 3.63) is 53.9 Å². The summed E-state index contributed by atoms with van der Waals surface area (Å²) in [5.41, 5.74) is 0.628. The Hall–Kier alpha value is -3.10. The van der Waals surface area contributed by atoms with Gasteiger partial charge in [0.05, 0.1) is 21.7 Å². The predicted octanol–water partition coefficient (Wildman–Crippen LogP) is 4.40. The molecule has 0 radical (unpaired) electrons. The Kier molecular flexibility index (Phi) is 6.07. The van der Waals surface area contributed by atoms with Crippen LogP contribution in [0.5, 0.6) is 0 Å². The molecule has 7 nitrogen and oxygen atoms in total. The highest BCUT2D eigenvalue weighted by Crippen LogP contribution is 2.35. The maximum atomic E-state index is 13.0. The van der Waals surface area contributed by atoms with Crippen LogP contribution in [-0.2, 0) is 16.2 Å². The SMILES string of the molecule is CCC1CC(NS(=O)(=O)c2cccc(C(F)(F)F)c2)CC1Nc1c(C#N)cnc2[nH]ccc12. The fourth-order valence-electron chi connectivity index (χ4n) is 4.41. The number of H-pyrrole nitrogens is 1. The first-order valence-corrected chi connectivity index (χ1v) is 11.9. The average Bonchev–Trinajstić information content (AvgIpc) is 3.40. The lowest BCUT2D eigenvalue weighted by molar-refractivity contribution is -0.137. The van der Waals surface area contributed by atoms with E-state index in [2.05, 4.69) is 26.1 Å². The van der Waals surface area contributed by atoms with Gasteiger partial charge in [-0.15, -0.1) is 0 Å². The summed E-state index contributed by atoms with van der Waals surface area (Å²) in [6.07, 6.45) is 0.286. The number of hydrogen-bond acceptors (Lipinski definition) is 5. The van der Waals surface area contributed by atoms with Crippen molar-refractivity contribution in [1.29, 1.82) is 5.26 Å². The Morgan fingerprint density at radius 2 is 2.06 bits per heavy atom. The van der Waals surface area contributed by atoms with Crippen LogP contribution in [0.2, 0.25) is 0 Å². The summed E-state index contributed by atoms with van der Waals surface area (Å²) < 4.78 is 67.2. The molecular weight excluding hydrogens is 455 g/mol.